The first-order valence-electron chi connectivity index (χ1n) is 5.69. The van der Waals surface area contributed by atoms with Crippen molar-refractivity contribution in [3.8, 4) is 0 Å². The van der Waals surface area contributed by atoms with Crippen LogP contribution in [0.3, 0.4) is 0 Å². The van der Waals surface area contributed by atoms with Crippen molar-refractivity contribution in [1.82, 2.24) is 9.78 Å². The van der Waals surface area contributed by atoms with Gasteiger partial charge in [-0.2, -0.15) is 28.6 Å². The zero-order chi connectivity index (χ0) is 11.5. The minimum atomic E-state index is 0.122. The summed E-state index contributed by atoms with van der Waals surface area (Å²) in [5.41, 5.74) is 7.53. The number of nitrogens with two attached hydrogens (primary N) is 1. The Labute approximate surface area is 106 Å². The summed E-state index contributed by atoms with van der Waals surface area (Å²) >= 11 is 4.10. The van der Waals surface area contributed by atoms with Gasteiger partial charge in [0.1, 0.15) is 0 Å². The molecule has 1 aliphatic heterocycles. The van der Waals surface area contributed by atoms with Crippen LogP contribution < -0.4 is 5.73 Å². The third-order valence-corrected chi connectivity index (χ3v) is 6.33. The standard InChI is InChI=1S/C11H19N3S2/c1-3-9-11(16-5-4-15-9)10(12)8-6-13-14(2)7-8/h6-7,9-11H,3-5,12H2,1-2H3. The van der Waals surface area contributed by atoms with Gasteiger partial charge in [0.2, 0.25) is 0 Å². The van der Waals surface area contributed by atoms with Gasteiger partial charge >= 0.3 is 0 Å². The Balaban J connectivity index is 2.10. The molecule has 90 valence electrons. The van der Waals surface area contributed by atoms with Gasteiger partial charge in [-0.25, -0.2) is 0 Å². The van der Waals surface area contributed by atoms with Crippen LogP contribution in [0.15, 0.2) is 12.4 Å². The fourth-order valence-electron chi connectivity index (χ4n) is 2.07. The summed E-state index contributed by atoms with van der Waals surface area (Å²) < 4.78 is 1.83. The van der Waals surface area contributed by atoms with E-state index >= 15 is 0 Å². The molecule has 0 aliphatic carbocycles. The van der Waals surface area contributed by atoms with Crippen molar-refractivity contribution in [2.75, 3.05) is 11.5 Å². The lowest BCUT2D eigenvalue weighted by Crippen LogP contribution is -2.35. The first-order valence-corrected chi connectivity index (χ1v) is 7.79. The molecule has 2 N–H and O–H groups in total. The molecule has 1 aliphatic rings. The summed E-state index contributed by atoms with van der Waals surface area (Å²) in [6.07, 6.45) is 5.14. The van der Waals surface area contributed by atoms with E-state index in [1.165, 1.54) is 23.5 Å². The predicted octanol–water partition coefficient (Wildman–Crippen LogP) is 2.05. The van der Waals surface area contributed by atoms with Crippen molar-refractivity contribution in [1.29, 1.82) is 0 Å². The van der Waals surface area contributed by atoms with Crippen molar-refractivity contribution in [2.24, 2.45) is 12.8 Å². The molecule has 0 bridgehead atoms. The Hall–Kier alpha value is -0.130. The van der Waals surface area contributed by atoms with Crippen LogP contribution in [0.25, 0.3) is 0 Å². The first-order chi connectivity index (χ1) is 7.72. The van der Waals surface area contributed by atoms with Crippen LogP contribution in [-0.2, 0) is 7.05 Å². The molecule has 2 heterocycles. The topological polar surface area (TPSA) is 43.8 Å². The minimum absolute atomic E-state index is 0.122. The van der Waals surface area contributed by atoms with Crippen LogP contribution in [0.5, 0.6) is 0 Å². The normalized spacial score (nSPS) is 27.9. The van der Waals surface area contributed by atoms with Crippen LogP contribution in [-0.4, -0.2) is 31.8 Å². The van der Waals surface area contributed by atoms with Gasteiger partial charge in [-0.1, -0.05) is 6.92 Å². The van der Waals surface area contributed by atoms with Crippen molar-refractivity contribution < 1.29 is 0 Å². The van der Waals surface area contributed by atoms with Gasteiger partial charge in [0.05, 0.1) is 6.20 Å². The molecule has 1 saturated heterocycles. The highest BCUT2D eigenvalue weighted by Gasteiger charge is 2.31. The van der Waals surface area contributed by atoms with Crippen LogP contribution in [0.2, 0.25) is 0 Å². The van der Waals surface area contributed by atoms with Crippen LogP contribution >= 0.6 is 23.5 Å². The van der Waals surface area contributed by atoms with E-state index in [0.717, 1.165) is 0 Å². The SMILES string of the molecule is CCC1SCCSC1C(N)c1cnn(C)c1. The molecule has 1 fully saturated rings. The third-order valence-electron chi connectivity index (χ3n) is 2.96. The number of thioether (sulfide) groups is 2. The number of aromatic nitrogens is 2. The second-order valence-electron chi connectivity index (χ2n) is 4.13. The van der Waals surface area contributed by atoms with Crippen LogP contribution in [0.4, 0.5) is 0 Å². The molecule has 1 aromatic rings. The van der Waals surface area contributed by atoms with E-state index in [4.69, 9.17) is 5.73 Å². The van der Waals surface area contributed by atoms with Gasteiger partial charge in [-0.15, -0.1) is 0 Å². The highest BCUT2D eigenvalue weighted by atomic mass is 32.2. The summed E-state index contributed by atoms with van der Waals surface area (Å²) in [4.78, 5) is 0. The Bertz CT molecular complexity index is 340. The number of nitrogens with zero attached hydrogens (tertiary/aromatic N) is 2. The van der Waals surface area contributed by atoms with E-state index in [0.29, 0.717) is 10.5 Å². The lowest BCUT2D eigenvalue weighted by molar-refractivity contribution is 0.629. The molecule has 0 saturated carbocycles. The molecule has 3 atom stereocenters. The Kier molecular flexibility index (Phi) is 4.21. The van der Waals surface area contributed by atoms with Crippen molar-refractivity contribution in [2.45, 2.75) is 29.9 Å². The third kappa shape index (κ3) is 2.57. The smallest absolute Gasteiger partial charge is 0.0537 e. The summed E-state index contributed by atoms with van der Waals surface area (Å²) in [5, 5.41) is 5.43. The summed E-state index contributed by atoms with van der Waals surface area (Å²) in [6.45, 7) is 2.26. The van der Waals surface area contributed by atoms with E-state index in [1.54, 1.807) is 0 Å². The molecule has 0 radical (unpaired) electrons. The first kappa shape index (κ1) is 12.3. The van der Waals surface area contributed by atoms with E-state index in [2.05, 4.69) is 23.8 Å². The monoisotopic (exact) mass is 257 g/mol. The Morgan fingerprint density at radius 1 is 1.56 bits per heavy atom. The molecule has 2 rings (SSSR count). The zero-order valence-electron chi connectivity index (χ0n) is 9.80. The molecule has 3 nitrogen and oxygen atoms in total. The molecular weight excluding hydrogens is 238 g/mol. The molecule has 16 heavy (non-hydrogen) atoms. The van der Waals surface area contributed by atoms with Crippen LogP contribution in [0.1, 0.15) is 24.9 Å². The summed E-state index contributed by atoms with van der Waals surface area (Å²) in [7, 11) is 1.94. The number of hydrogen-bond donors (Lipinski definition) is 1. The molecule has 5 heteroatoms. The van der Waals surface area contributed by atoms with E-state index in [1.807, 2.05) is 35.9 Å². The maximum Gasteiger partial charge on any atom is 0.0537 e. The van der Waals surface area contributed by atoms with E-state index in [9.17, 15) is 0 Å². The van der Waals surface area contributed by atoms with Gasteiger partial charge in [-0.05, 0) is 6.42 Å². The highest BCUT2D eigenvalue weighted by Crippen LogP contribution is 2.38. The fraction of sp³-hybridized carbons (Fsp3) is 0.727. The summed E-state index contributed by atoms with van der Waals surface area (Å²) in [6, 6.07) is 0.122. The van der Waals surface area contributed by atoms with Gasteiger partial charge in [0.15, 0.2) is 0 Å². The summed E-state index contributed by atoms with van der Waals surface area (Å²) in [5.74, 6) is 2.49. The van der Waals surface area contributed by atoms with Crippen molar-refractivity contribution >= 4 is 23.5 Å². The van der Waals surface area contributed by atoms with Crippen molar-refractivity contribution in [3.05, 3.63) is 18.0 Å². The zero-order valence-corrected chi connectivity index (χ0v) is 11.4. The van der Waals surface area contributed by atoms with E-state index < -0.39 is 0 Å². The maximum atomic E-state index is 6.36. The number of aryl methyl sites for hydroxylation is 1. The molecule has 0 amide bonds. The quantitative estimate of drug-likeness (QED) is 0.900. The molecule has 3 unspecified atom stereocenters. The van der Waals surface area contributed by atoms with Crippen LogP contribution in [0, 0.1) is 0 Å². The second-order valence-corrected chi connectivity index (χ2v) is 6.76. The number of rotatable bonds is 3. The predicted molar refractivity (Wildman–Crippen MR) is 72.9 cm³/mol. The average Bonchev–Trinajstić information content (AvgIpc) is 2.75. The lowest BCUT2D eigenvalue weighted by atomic mass is 10.0. The number of hydrogen-bond acceptors (Lipinski definition) is 4. The second kappa shape index (κ2) is 5.47. The molecule has 1 aromatic heterocycles. The largest absolute Gasteiger partial charge is 0.323 e. The Morgan fingerprint density at radius 3 is 2.94 bits per heavy atom. The highest BCUT2D eigenvalue weighted by molar-refractivity contribution is 8.07. The van der Waals surface area contributed by atoms with Crippen molar-refractivity contribution in [3.63, 3.8) is 0 Å². The fourth-order valence-corrected chi connectivity index (χ4v) is 5.26. The lowest BCUT2D eigenvalue weighted by Gasteiger charge is -2.33. The maximum absolute atomic E-state index is 6.36. The minimum Gasteiger partial charge on any atom is -0.323 e. The van der Waals surface area contributed by atoms with Gasteiger partial charge < -0.3 is 5.73 Å². The molecular formula is C11H19N3S2. The molecule has 0 aromatic carbocycles. The van der Waals surface area contributed by atoms with E-state index in [-0.39, 0.29) is 6.04 Å². The van der Waals surface area contributed by atoms with Gasteiger partial charge in [0.25, 0.3) is 0 Å². The Morgan fingerprint density at radius 2 is 2.31 bits per heavy atom. The molecule has 0 spiro atoms. The van der Waals surface area contributed by atoms with Gasteiger partial charge in [0, 0.05) is 46.9 Å². The van der Waals surface area contributed by atoms with Gasteiger partial charge in [-0.3, -0.25) is 4.68 Å². The average molecular weight is 257 g/mol.